The van der Waals surface area contributed by atoms with E-state index in [-0.39, 0.29) is 34.9 Å². The van der Waals surface area contributed by atoms with Crippen LogP contribution in [0.4, 0.5) is 13.6 Å². The summed E-state index contributed by atoms with van der Waals surface area (Å²) in [6, 6.07) is 15.2. The lowest BCUT2D eigenvalue weighted by molar-refractivity contribution is -0.125. The van der Waals surface area contributed by atoms with Gasteiger partial charge in [-0.2, -0.15) is 8.78 Å². The zero-order valence-electron chi connectivity index (χ0n) is 29.6. The summed E-state index contributed by atoms with van der Waals surface area (Å²) in [4.78, 5) is 37.7. The van der Waals surface area contributed by atoms with Crippen LogP contribution in [0.2, 0.25) is 0 Å². The molecule has 0 saturated carbocycles. The van der Waals surface area contributed by atoms with Crippen LogP contribution in [0.15, 0.2) is 60.8 Å². The maximum absolute atomic E-state index is 16.3. The molecule has 3 aromatic carbocycles. The highest BCUT2D eigenvalue weighted by Crippen LogP contribution is 2.52. The molecule has 1 saturated heterocycles. The van der Waals surface area contributed by atoms with Crippen LogP contribution in [-0.4, -0.2) is 51.2 Å². The number of nitrogens with one attached hydrogen (secondary N) is 4. The quantitative estimate of drug-likeness (QED) is 0.128. The molecule has 0 spiro atoms. The van der Waals surface area contributed by atoms with E-state index in [0.717, 1.165) is 41.8 Å². The second kappa shape index (κ2) is 13.2. The second-order valence-electron chi connectivity index (χ2n) is 14.2. The predicted octanol–water partition coefficient (Wildman–Crippen LogP) is 7.37. The second-order valence-corrected chi connectivity index (χ2v) is 14.2. The van der Waals surface area contributed by atoms with Gasteiger partial charge in [0.05, 0.1) is 42.1 Å². The number of aromatic amines is 1. The van der Waals surface area contributed by atoms with E-state index < -0.39 is 24.1 Å². The normalized spacial score (nSPS) is 17.4. The number of imidazole rings is 2. The number of ether oxygens (including phenoxy) is 1. The predicted molar refractivity (Wildman–Crippen MR) is 192 cm³/mol. The van der Waals surface area contributed by atoms with Crippen molar-refractivity contribution in [3.63, 3.8) is 0 Å². The van der Waals surface area contributed by atoms with Gasteiger partial charge in [0.2, 0.25) is 5.91 Å². The molecular weight excluding hydrogens is 652 g/mol. The van der Waals surface area contributed by atoms with Crippen LogP contribution in [0.5, 0.6) is 0 Å². The Labute approximate surface area is 295 Å². The molecule has 1 aliphatic heterocycles. The smallest absolute Gasteiger partial charge is 0.407 e. The highest BCUT2D eigenvalue weighted by Gasteiger charge is 2.45. The molecule has 3 atom stereocenters. The lowest BCUT2D eigenvalue weighted by Crippen LogP contribution is -2.51. The lowest BCUT2D eigenvalue weighted by Gasteiger charge is -2.26. The maximum atomic E-state index is 16.3. The number of fused-ring (bicyclic) bond motifs is 4. The number of hydrogen-bond donors (Lipinski definition) is 4. The van der Waals surface area contributed by atoms with Gasteiger partial charge >= 0.3 is 6.09 Å². The van der Waals surface area contributed by atoms with Gasteiger partial charge in [-0.05, 0) is 77.7 Å². The molecule has 1 fully saturated rings. The van der Waals surface area contributed by atoms with Crippen LogP contribution < -0.4 is 16.0 Å². The van der Waals surface area contributed by atoms with E-state index in [1.165, 1.54) is 13.2 Å². The highest BCUT2D eigenvalue weighted by atomic mass is 19.3. The van der Waals surface area contributed by atoms with Crippen molar-refractivity contribution in [2.45, 2.75) is 64.6 Å². The largest absolute Gasteiger partial charge is 0.453 e. The first-order valence-corrected chi connectivity index (χ1v) is 17.4. The minimum atomic E-state index is -3.22. The van der Waals surface area contributed by atoms with Crippen LogP contribution in [0.25, 0.3) is 44.5 Å². The number of aromatic nitrogens is 4. The summed E-state index contributed by atoms with van der Waals surface area (Å²) in [6.45, 7) is 8.50. The SMILES string of the molecule is COC(=O)N[C@H](C(=O)N[C@H](c1ncc(-c2ccc3c(c2)C(F)(F)c2cc(-c4ccc5nc([C@@H]6CCCN6)n(C)c5c4)ccc2-3)[nH]1)C(C)C)C(C)C. The Hall–Kier alpha value is -5.10. The van der Waals surface area contributed by atoms with E-state index in [1.54, 1.807) is 30.5 Å². The van der Waals surface area contributed by atoms with E-state index in [9.17, 15) is 9.59 Å². The van der Waals surface area contributed by atoms with Gasteiger partial charge in [-0.15, -0.1) is 0 Å². The summed E-state index contributed by atoms with van der Waals surface area (Å²) in [5.41, 5.74) is 5.42. The van der Waals surface area contributed by atoms with Gasteiger partial charge in [-0.3, -0.25) is 4.79 Å². The fourth-order valence-corrected chi connectivity index (χ4v) is 7.33. The Bertz CT molecular complexity index is 2130. The third kappa shape index (κ3) is 6.15. The number of benzene rings is 3. The summed E-state index contributed by atoms with van der Waals surface area (Å²) in [6.07, 6.45) is 3.05. The van der Waals surface area contributed by atoms with E-state index in [2.05, 4.69) is 30.5 Å². The van der Waals surface area contributed by atoms with Crippen LogP contribution in [0.3, 0.4) is 0 Å². The molecule has 2 aliphatic rings. The number of carbonyl (C=O) groups excluding carboxylic acids is 2. The number of nitrogens with zero attached hydrogens (tertiary/aromatic N) is 3. The van der Waals surface area contributed by atoms with E-state index >= 15 is 8.78 Å². The van der Waals surface area contributed by atoms with Gasteiger partial charge in [0.25, 0.3) is 5.92 Å². The molecule has 7 rings (SSSR count). The van der Waals surface area contributed by atoms with Gasteiger partial charge in [0.1, 0.15) is 17.7 Å². The standard InChI is InChI=1S/C39H43F2N7O3/c1-20(2)33(46-37(49)34(21(3)4)47-38(50)51-6)35-43-19-31(44-35)24-10-13-26-25-12-9-22(16-27(25)39(40,41)28(26)17-24)23-11-14-29-32(18-23)48(5)36(45-29)30-8-7-15-42-30/h9-14,16-21,30,33-34,42H,7-8,15H2,1-6H3,(H,43,44)(H,46,49)(H,47,50)/t30-,33-,34-/m0/s1. The number of alkyl carbamates (subject to hydrolysis) is 1. The third-order valence-corrected chi connectivity index (χ3v) is 10.2. The summed E-state index contributed by atoms with van der Waals surface area (Å²) >= 11 is 0. The summed E-state index contributed by atoms with van der Waals surface area (Å²) in [5, 5.41) is 9.08. The zero-order valence-corrected chi connectivity index (χ0v) is 29.6. The monoisotopic (exact) mass is 695 g/mol. The number of aryl methyl sites for hydroxylation is 1. The maximum Gasteiger partial charge on any atom is 0.407 e. The van der Waals surface area contributed by atoms with Crippen LogP contribution in [0.1, 0.15) is 75.4 Å². The molecule has 2 aromatic heterocycles. The first-order chi connectivity index (χ1) is 24.4. The topological polar surface area (TPSA) is 126 Å². The minimum Gasteiger partial charge on any atom is -0.453 e. The van der Waals surface area contributed by atoms with Gasteiger partial charge in [0.15, 0.2) is 0 Å². The molecule has 5 aromatic rings. The number of methoxy groups -OCH3 is 1. The van der Waals surface area contributed by atoms with Crippen molar-refractivity contribution >= 4 is 23.0 Å². The molecular formula is C39H43F2N7O3. The van der Waals surface area contributed by atoms with Gasteiger partial charge in [-0.1, -0.05) is 58.0 Å². The number of amides is 2. The van der Waals surface area contributed by atoms with E-state index in [1.807, 2.05) is 59.0 Å². The van der Waals surface area contributed by atoms with Crippen LogP contribution in [0, 0.1) is 11.8 Å². The highest BCUT2D eigenvalue weighted by molar-refractivity contribution is 5.88. The van der Waals surface area contributed by atoms with Crippen molar-refractivity contribution in [1.82, 2.24) is 35.5 Å². The van der Waals surface area contributed by atoms with Gasteiger partial charge in [-0.25, -0.2) is 14.8 Å². The molecule has 51 heavy (non-hydrogen) atoms. The molecule has 0 unspecified atom stereocenters. The zero-order chi connectivity index (χ0) is 36.2. The molecule has 4 N–H and O–H groups in total. The van der Waals surface area contributed by atoms with Crippen molar-refractivity contribution in [2.24, 2.45) is 18.9 Å². The lowest BCUT2D eigenvalue weighted by atomic mass is 9.98. The fraction of sp³-hybridized carbons (Fsp3) is 0.385. The van der Waals surface area contributed by atoms with Crippen molar-refractivity contribution in [3.05, 3.63) is 83.6 Å². The van der Waals surface area contributed by atoms with Crippen molar-refractivity contribution in [3.8, 4) is 33.5 Å². The average Bonchev–Trinajstić information content (AvgIpc) is 3.92. The summed E-state index contributed by atoms with van der Waals surface area (Å²) in [7, 11) is 3.25. The van der Waals surface area contributed by atoms with Crippen molar-refractivity contribution < 1.29 is 23.1 Å². The fourth-order valence-electron chi connectivity index (χ4n) is 7.33. The molecule has 0 bridgehead atoms. The molecule has 3 heterocycles. The Kier molecular flexibility index (Phi) is 8.91. The summed E-state index contributed by atoms with van der Waals surface area (Å²) in [5.74, 6) is -2.40. The average molecular weight is 696 g/mol. The Morgan fingerprint density at radius 1 is 0.941 bits per heavy atom. The molecule has 0 radical (unpaired) electrons. The summed E-state index contributed by atoms with van der Waals surface area (Å²) < 4.78 is 39.4. The molecule has 1 aliphatic carbocycles. The molecule has 266 valence electrons. The number of H-pyrrole nitrogens is 1. The Morgan fingerprint density at radius 3 is 2.25 bits per heavy atom. The first-order valence-electron chi connectivity index (χ1n) is 17.4. The molecule has 10 nitrogen and oxygen atoms in total. The number of rotatable bonds is 9. The molecule has 2 amide bonds. The molecule has 12 heteroatoms. The number of hydrogen-bond acceptors (Lipinski definition) is 6. The van der Waals surface area contributed by atoms with E-state index in [0.29, 0.717) is 33.8 Å². The van der Waals surface area contributed by atoms with Crippen LogP contribution in [-0.2, 0) is 22.5 Å². The van der Waals surface area contributed by atoms with E-state index in [4.69, 9.17) is 9.72 Å². The number of carbonyl (C=O) groups is 2. The number of alkyl halides is 2. The van der Waals surface area contributed by atoms with Crippen molar-refractivity contribution in [2.75, 3.05) is 13.7 Å². The van der Waals surface area contributed by atoms with Crippen molar-refractivity contribution in [1.29, 1.82) is 0 Å². The van der Waals surface area contributed by atoms with Gasteiger partial charge < -0.3 is 30.2 Å². The van der Waals surface area contributed by atoms with Gasteiger partial charge in [0, 0.05) is 23.7 Å². The van der Waals surface area contributed by atoms with Crippen LogP contribution >= 0.6 is 0 Å². The number of halogens is 2. The Morgan fingerprint density at radius 2 is 1.61 bits per heavy atom. The Balaban J connectivity index is 1.15. The first kappa shape index (κ1) is 34.4. The minimum absolute atomic E-state index is 0.0266. The third-order valence-electron chi connectivity index (χ3n) is 10.2.